The molecule has 1 amide bonds. The number of furan rings is 2. The van der Waals surface area contributed by atoms with Gasteiger partial charge in [0.05, 0.1) is 25.6 Å². The van der Waals surface area contributed by atoms with Gasteiger partial charge < -0.3 is 18.3 Å². The summed E-state index contributed by atoms with van der Waals surface area (Å²) in [6.45, 7) is 0.691. The van der Waals surface area contributed by atoms with Gasteiger partial charge in [0.25, 0.3) is 5.91 Å². The topological polar surface area (TPSA) is 72.6 Å². The van der Waals surface area contributed by atoms with Crippen molar-refractivity contribution in [3.63, 3.8) is 0 Å². The maximum atomic E-state index is 12.8. The van der Waals surface area contributed by atoms with E-state index in [1.165, 1.54) is 0 Å². The van der Waals surface area contributed by atoms with Crippen molar-refractivity contribution in [2.75, 3.05) is 0 Å². The first-order chi connectivity index (χ1) is 11.3. The van der Waals surface area contributed by atoms with Gasteiger partial charge in [-0.25, -0.2) is 0 Å². The van der Waals surface area contributed by atoms with Gasteiger partial charge in [-0.2, -0.15) is 0 Å². The molecule has 0 saturated heterocycles. The van der Waals surface area contributed by atoms with E-state index >= 15 is 0 Å². The Labute approximate surface area is 132 Å². The fourth-order valence-electron chi connectivity index (χ4n) is 2.49. The molecule has 6 nitrogen and oxygen atoms in total. The van der Waals surface area contributed by atoms with Crippen LogP contribution in [0.3, 0.4) is 0 Å². The number of hydrogen-bond donors (Lipinski definition) is 0. The molecule has 0 aromatic carbocycles. The lowest BCUT2D eigenvalue weighted by molar-refractivity contribution is 0.0694. The molecule has 0 aliphatic heterocycles. The second-order valence-corrected chi connectivity index (χ2v) is 5.71. The average Bonchev–Trinajstić information content (AvgIpc) is 3.03. The summed E-state index contributed by atoms with van der Waals surface area (Å²) in [7, 11) is 0. The highest BCUT2D eigenvalue weighted by atomic mass is 16.5. The fourth-order valence-corrected chi connectivity index (χ4v) is 2.49. The highest BCUT2D eigenvalue weighted by molar-refractivity contribution is 5.92. The van der Waals surface area contributed by atoms with Crippen LogP contribution in [0.2, 0.25) is 0 Å². The third kappa shape index (κ3) is 3.06. The molecule has 23 heavy (non-hydrogen) atoms. The van der Waals surface area contributed by atoms with E-state index in [1.807, 2.05) is 12.1 Å². The van der Waals surface area contributed by atoms with E-state index in [0.717, 1.165) is 18.6 Å². The van der Waals surface area contributed by atoms with Crippen LogP contribution >= 0.6 is 0 Å². The molecule has 6 heteroatoms. The van der Waals surface area contributed by atoms with Gasteiger partial charge >= 0.3 is 0 Å². The summed E-state index contributed by atoms with van der Waals surface area (Å²) in [6, 6.07) is 9.01. The molecule has 0 spiro atoms. The van der Waals surface area contributed by atoms with E-state index in [0.29, 0.717) is 36.2 Å². The minimum absolute atomic E-state index is 0.201. The Kier molecular flexibility index (Phi) is 3.49. The molecule has 3 aromatic rings. The van der Waals surface area contributed by atoms with Gasteiger partial charge in [-0.15, -0.1) is 0 Å². The molecule has 0 bridgehead atoms. The first kappa shape index (κ1) is 13.9. The molecule has 118 valence electrons. The molecule has 3 heterocycles. The lowest BCUT2D eigenvalue weighted by Gasteiger charge is -2.19. The minimum atomic E-state index is -0.201. The van der Waals surface area contributed by atoms with E-state index in [-0.39, 0.29) is 5.91 Å². The zero-order valence-corrected chi connectivity index (χ0v) is 12.5. The molecule has 1 aliphatic rings. The molecular formula is C17H16N2O4. The van der Waals surface area contributed by atoms with Crippen molar-refractivity contribution in [1.82, 2.24) is 10.1 Å². The molecule has 4 rings (SSSR count). The van der Waals surface area contributed by atoms with E-state index in [9.17, 15) is 4.79 Å². The standard InChI is InChI=1S/C17H16N2O4/c20-17(15-9-16(23-18-15)12-5-6-12)19(10-13-3-1-7-21-13)11-14-4-2-8-22-14/h1-4,7-9,12H,5-6,10-11H2. The number of carbonyl (C=O) groups is 1. The van der Waals surface area contributed by atoms with Crippen LogP contribution in [0.1, 0.15) is 46.5 Å². The zero-order valence-electron chi connectivity index (χ0n) is 12.5. The van der Waals surface area contributed by atoms with Crippen molar-refractivity contribution < 1.29 is 18.2 Å². The predicted molar refractivity (Wildman–Crippen MR) is 79.5 cm³/mol. The number of aromatic nitrogens is 1. The summed E-state index contributed by atoms with van der Waals surface area (Å²) in [4.78, 5) is 14.4. The van der Waals surface area contributed by atoms with Gasteiger partial charge in [0.2, 0.25) is 0 Å². The molecule has 0 N–H and O–H groups in total. The van der Waals surface area contributed by atoms with Crippen molar-refractivity contribution in [3.8, 4) is 0 Å². The molecule has 3 aromatic heterocycles. The Morgan fingerprint density at radius 3 is 2.30 bits per heavy atom. The first-order valence-corrected chi connectivity index (χ1v) is 7.60. The third-order valence-electron chi connectivity index (χ3n) is 3.87. The van der Waals surface area contributed by atoms with Gasteiger partial charge in [-0.1, -0.05) is 5.16 Å². The Morgan fingerprint density at radius 1 is 1.13 bits per heavy atom. The first-order valence-electron chi connectivity index (χ1n) is 7.60. The lowest BCUT2D eigenvalue weighted by Crippen LogP contribution is -2.30. The van der Waals surface area contributed by atoms with Crippen molar-refractivity contribution in [2.45, 2.75) is 31.8 Å². The van der Waals surface area contributed by atoms with Crippen LogP contribution in [0.25, 0.3) is 0 Å². The zero-order chi connectivity index (χ0) is 15.6. The maximum absolute atomic E-state index is 12.8. The molecule has 1 aliphatic carbocycles. The van der Waals surface area contributed by atoms with Crippen LogP contribution in [-0.4, -0.2) is 16.0 Å². The minimum Gasteiger partial charge on any atom is -0.467 e. The van der Waals surface area contributed by atoms with E-state index < -0.39 is 0 Å². The Morgan fingerprint density at radius 2 is 1.78 bits per heavy atom. The van der Waals surface area contributed by atoms with Gasteiger partial charge in [0.1, 0.15) is 17.3 Å². The smallest absolute Gasteiger partial charge is 0.276 e. The quantitative estimate of drug-likeness (QED) is 0.695. The lowest BCUT2D eigenvalue weighted by atomic mass is 10.2. The fraction of sp³-hybridized carbons (Fsp3) is 0.294. The van der Waals surface area contributed by atoms with Crippen LogP contribution in [0.4, 0.5) is 0 Å². The number of carbonyl (C=O) groups excluding carboxylic acids is 1. The summed E-state index contributed by atoms with van der Waals surface area (Å²) in [6.07, 6.45) is 5.38. The monoisotopic (exact) mass is 312 g/mol. The van der Waals surface area contributed by atoms with E-state index in [4.69, 9.17) is 13.4 Å². The van der Waals surface area contributed by atoms with Gasteiger partial charge in [0, 0.05) is 12.0 Å². The van der Waals surface area contributed by atoms with E-state index in [2.05, 4.69) is 5.16 Å². The molecule has 0 atom stereocenters. The Hall–Kier alpha value is -2.76. The van der Waals surface area contributed by atoms with Crippen LogP contribution in [0.15, 0.2) is 56.2 Å². The molecule has 0 radical (unpaired) electrons. The van der Waals surface area contributed by atoms with Crippen LogP contribution < -0.4 is 0 Å². The second-order valence-electron chi connectivity index (χ2n) is 5.71. The Bertz CT molecular complexity index is 733. The highest BCUT2D eigenvalue weighted by Gasteiger charge is 2.30. The van der Waals surface area contributed by atoms with Gasteiger partial charge in [-0.05, 0) is 37.1 Å². The predicted octanol–water partition coefficient (Wildman–Crippen LogP) is 3.58. The second kappa shape index (κ2) is 5.79. The summed E-state index contributed by atoms with van der Waals surface area (Å²) < 4.78 is 16.0. The number of amides is 1. The number of rotatable bonds is 6. The summed E-state index contributed by atoms with van der Waals surface area (Å²) >= 11 is 0. The van der Waals surface area contributed by atoms with Crippen molar-refractivity contribution in [2.24, 2.45) is 0 Å². The van der Waals surface area contributed by atoms with Gasteiger partial charge in [0.15, 0.2) is 5.69 Å². The van der Waals surface area contributed by atoms with Crippen LogP contribution in [0, 0.1) is 0 Å². The van der Waals surface area contributed by atoms with Crippen molar-refractivity contribution >= 4 is 5.91 Å². The number of nitrogens with zero attached hydrogens (tertiary/aromatic N) is 2. The van der Waals surface area contributed by atoms with Crippen LogP contribution in [-0.2, 0) is 13.1 Å². The van der Waals surface area contributed by atoms with Crippen LogP contribution in [0.5, 0.6) is 0 Å². The molecular weight excluding hydrogens is 296 g/mol. The van der Waals surface area contributed by atoms with E-state index in [1.54, 1.807) is 35.6 Å². The SMILES string of the molecule is O=C(c1cc(C2CC2)on1)N(Cc1ccco1)Cc1ccco1. The van der Waals surface area contributed by atoms with Crippen molar-refractivity contribution in [1.29, 1.82) is 0 Å². The van der Waals surface area contributed by atoms with Gasteiger partial charge in [-0.3, -0.25) is 4.79 Å². The summed E-state index contributed by atoms with van der Waals surface area (Å²) in [5.74, 6) is 2.43. The maximum Gasteiger partial charge on any atom is 0.276 e. The molecule has 1 fully saturated rings. The summed E-state index contributed by atoms with van der Waals surface area (Å²) in [5, 5.41) is 3.93. The van der Waals surface area contributed by atoms with Crippen molar-refractivity contribution in [3.05, 3.63) is 65.8 Å². The number of hydrogen-bond acceptors (Lipinski definition) is 5. The molecule has 1 saturated carbocycles. The summed E-state index contributed by atoms with van der Waals surface area (Å²) in [5.41, 5.74) is 0.324. The molecule has 0 unspecified atom stereocenters. The highest BCUT2D eigenvalue weighted by Crippen LogP contribution is 2.40. The normalized spacial score (nSPS) is 14.1. The largest absolute Gasteiger partial charge is 0.467 e. The third-order valence-corrected chi connectivity index (χ3v) is 3.87. The average molecular weight is 312 g/mol. The Balaban J connectivity index is 1.55.